The summed E-state index contributed by atoms with van der Waals surface area (Å²) in [4.78, 5) is 0. The fraction of sp³-hybridized carbons (Fsp3) is 0.613. The molecule has 0 saturated heterocycles. The van der Waals surface area contributed by atoms with Crippen LogP contribution in [0, 0.1) is 23.6 Å². The van der Waals surface area contributed by atoms with E-state index in [1.165, 1.54) is 76.3 Å². The van der Waals surface area contributed by atoms with Crippen molar-refractivity contribution in [3.05, 3.63) is 59.4 Å². The van der Waals surface area contributed by atoms with Crippen LogP contribution in [-0.2, 0) is 6.11 Å². The summed E-state index contributed by atoms with van der Waals surface area (Å²) >= 11 is 0. The molecule has 7 heteroatoms. The summed E-state index contributed by atoms with van der Waals surface area (Å²) in [5.74, 6) is 0.922. The van der Waals surface area contributed by atoms with Gasteiger partial charge >= 0.3 is 12.7 Å². The Kier molecular flexibility index (Phi) is 9.94. The van der Waals surface area contributed by atoms with Crippen LogP contribution < -0.4 is 9.47 Å². The standard InChI is InChI=1S/C31H39F5O2/c1-2-3-21-4-6-22(7-5-21)8-9-23-10-12-24(13-11-23)25-14-17-27(18-15-25)38-31(35,36)26-16-19-29(28(32)20-26)37-30(33)34/h14-24,30H,2-13H2,1H3. The Bertz CT molecular complexity index is 994. The van der Waals surface area contributed by atoms with E-state index in [2.05, 4.69) is 11.7 Å². The second-order valence-corrected chi connectivity index (χ2v) is 11.2. The van der Waals surface area contributed by atoms with E-state index in [0.717, 1.165) is 48.3 Å². The Hall–Kier alpha value is -2.31. The summed E-state index contributed by atoms with van der Waals surface area (Å²) in [7, 11) is 0. The van der Waals surface area contributed by atoms with Gasteiger partial charge in [-0.3, -0.25) is 0 Å². The highest BCUT2D eigenvalue weighted by atomic mass is 19.3. The van der Waals surface area contributed by atoms with E-state index >= 15 is 0 Å². The van der Waals surface area contributed by atoms with Crippen LogP contribution in [0.15, 0.2) is 42.5 Å². The Balaban J connectivity index is 1.23. The Morgan fingerprint density at radius 3 is 1.87 bits per heavy atom. The molecule has 2 nitrogen and oxygen atoms in total. The van der Waals surface area contributed by atoms with Gasteiger partial charge in [-0.25, -0.2) is 4.39 Å². The highest BCUT2D eigenvalue weighted by Crippen LogP contribution is 2.41. The maximum atomic E-state index is 14.6. The molecule has 0 radical (unpaired) electrons. The number of hydrogen-bond donors (Lipinski definition) is 0. The number of halogens is 5. The monoisotopic (exact) mass is 538 g/mol. The lowest BCUT2D eigenvalue weighted by atomic mass is 9.74. The van der Waals surface area contributed by atoms with Crippen molar-refractivity contribution < 1.29 is 31.4 Å². The number of alkyl halides is 4. The molecule has 0 spiro atoms. The van der Waals surface area contributed by atoms with Crippen LogP contribution in [0.2, 0.25) is 0 Å². The van der Waals surface area contributed by atoms with Gasteiger partial charge in [0.1, 0.15) is 5.75 Å². The molecule has 0 unspecified atom stereocenters. The van der Waals surface area contributed by atoms with Gasteiger partial charge in [0.25, 0.3) is 0 Å². The van der Waals surface area contributed by atoms with Crippen molar-refractivity contribution in [1.82, 2.24) is 0 Å². The number of benzene rings is 2. The minimum absolute atomic E-state index is 0.0468. The maximum Gasteiger partial charge on any atom is 0.426 e. The van der Waals surface area contributed by atoms with Crippen LogP contribution in [-0.4, -0.2) is 6.61 Å². The van der Waals surface area contributed by atoms with Crippen LogP contribution in [0.25, 0.3) is 0 Å². The summed E-state index contributed by atoms with van der Waals surface area (Å²) in [5.41, 5.74) is 0.334. The van der Waals surface area contributed by atoms with E-state index in [9.17, 15) is 22.0 Å². The molecular weight excluding hydrogens is 499 g/mol. The van der Waals surface area contributed by atoms with Gasteiger partial charge in [0.05, 0.1) is 5.56 Å². The molecule has 0 bridgehead atoms. The van der Waals surface area contributed by atoms with Crippen molar-refractivity contribution >= 4 is 0 Å². The largest absolute Gasteiger partial charge is 0.432 e. The topological polar surface area (TPSA) is 18.5 Å². The molecule has 0 atom stereocenters. The van der Waals surface area contributed by atoms with Crippen LogP contribution in [0.1, 0.15) is 101 Å². The van der Waals surface area contributed by atoms with Gasteiger partial charge in [-0.1, -0.05) is 70.4 Å². The fourth-order valence-electron chi connectivity index (χ4n) is 6.36. The van der Waals surface area contributed by atoms with Crippen LogP contribution >= 0.6 is 0 Å². The maximum absolute atomic E-state index is 14.6. The third kappa shape index (κ3) is 7.86. The molecular formula is C31H39F5O2. The predicted octanol–water partition coefficient (Wildman–Crippen LogP) is 10.2. The quantitative estimate of drug-likeness (QED) is 0.265. The summed E-state index contributed by atoms with van der Waals surface area (Å²) < 4.78 is 76.5. The van der Waals surface area contributed by atoms with Gasteiger partial charge in [0.15, 0.2) is 11.6 Å². The molecule has 0 heterocycles. The molecule has 2 aliphatic rings. The Morgan fingerprint density at radius 2 is 1.34 bits per heavy atom. The Labute approximate surface area is 222 Å². The van der Waals surface area contributed by atoms with Crippen LogP contribution in [0.3, 0.4) is 0 Å². The summed E-state index contributed by atoms with van der Waals surface area (Å²) in [6.45, 7) is -0.964. The average Bonchev–Trinajstić information content (AvgIpc) is 2.90. The highest BCUT2D eigenvalue weighted by molar-refractivity contribution is 5.33. The molecule has 0 aliphatic heterocycles. The second kappa shape index (κ2) is 13.2. The molecule has 38 heavy (non-hydrogen) atoms. The first-order valence-electron chi connectivity index (χ1n) is 14.1. The highest BCUT2D eigenvalue weighted by Gasteiger charge is 2.36. The van der Waals surface area contributed by atoms with Crippen LogP contribution in [0.4, 0.5) is 22.0 Å². The molecule has 2 fully saturated rings. The SMILES string of the molecule is CCCC1CCC(CCC2CCC(c3ccc(OC(F)(F)c4ccc(OC(F)F)c(F)c4)cc3)CC2)CC1. The van der Waals surface area contributed by atoms with E-state index in [4.69, 9.17) is 4.74 Å². The van der Waals surface area contributed by atoms with Gasteiger partial charge in [-0.05, 0) is 85.3 Å². The molecule has 0 amide bonds. The molecule has 2 saturated carbocycles. The second-order valence-electron chi connectivity index (χ2n) is 11.2. The van der Waals surface area contributed by atoms with Crippen molar-refractivity contribution in [1.29, 1.82) is 0 Å². The van der Waals surface area contributed by atoms with E-state index < -0.39 is 29.9 Å². The first-order chi connectivity index (χ1) is 18.2. The van der Waals surface area contributed by atoms with Gasteiger partial charge in [0, 0.05) is 0 Å². The van der Waals surface area contributed by atoms with Gasteiger partial charge in [0.2, 0.25) is 0 Å². The fourth-order valence-corrected chi connectivity index (χ4v) is 6.36. The minimum atomic E-state index is -3.83. The van der Waals surface area contributed by atoms with Crippen molar-refractivity contribution in [3.8, 4) is 11.5 Å². The molecule has 2 aromatic carbocycles. The third-order valence-electron chi connectivity index (χ3n) is 8.57. The lowest BCUT2D eigenvalue weighted by molar-refractivity contribution is -0.185. The molecule has 2 aliphatic carbocycles. The smallest absolute Gasteiger partial charge is 0.426 e. The molecule has 0 aromatic heterocycles. The van der Waals surface area contributed by atoms with Gasteiger partial charge in [-0.2, -0.15) is 17.6 Å². The summed E-state index contributed by atoms with van der Waals surface area (Å²) in [6.07, 6.45) is 11.8. The zero-order valence-electron chi connectivity index (χ0n) is 22.1. The lowest BCUT2D eigenvalue weighted by Crippen LogP contribution is -2.22. The van der Waals surface area contributed by atoms with Crippen molar-refractivity contribution in [2.75, 3.05) is 0 Å². The lowest BCUT2D eigenvalue weighted by Gasteiger charge is -2.32. The van der Waals surface area contributed by atoms with Gasteiger partial charge in [-0.15, -0.1) is 0 Å². The van der Waals surface area contributed by atoms with E-state index in [1.54, 1.807) is 0 Å². The number of ether oxygens (including phenoxy) is 2. The first-order valence-corrected chi connectivity index (χ1v) is 14.1. The number of hydrogen-bond acceptors (Lipinski definition) is 2. The predicted molar refractivity (Wildman–Crippen MR) is 138 cm³/mol. The van der Waals surface area contributed by atoms with E-state index in [-0.39, 0.29) is 5.75 Å². The normalized spacial score (nSPS) is 24.4. The van der Waals surface area contributed by atoms with Crippen LogP contribution in [0.5, 0.6) is 11.5 Å². The Morgan fingerprint density at radius 1 is 0.789 bits per heavy atom. The molecule has 210 valence electrons. The first kappa shape index (κ1) is 28.7. The van der Waals surface area contributed by atoms with E-state index in [1.807, 2.05) is 12.1 Å². The van der Waals surface area contributed by atoms with Crippen molar-refractivity contribution in [2.45, 2.75) is 103 Å². The van der Waals surface area contributed by atoms with Crippen molar-refractivity contribution in [3.63, 3.8) is 0 Å². The zero-order chi connectivity index (χ0) is 27.1. The average molecular weight is 539 g/mol. The molecule has 0 N–H and O–H groups in total. The number of rotatable bonds is 11. The minimum Gasteiger partial charge on any atom is -0.432 e. The zero-order valence-corrected chi connectivity index (χ0v) is 22.1. The molecule has 2 aromatic rings. The van der Waals surface area contributed by atoms with E-state index in [0.29, 0.717) is 12.0 Å². The summed E-state index contributed by atoms with van der Waals surface area (Å²) in [6, 6.07) is 8.67. The van der Waals surface area contributed by atoms with Gasteiger partial charge < -0.3 is 9.47 Å². The third-order valence-corrected chi connectivity index (χ3v) is 8.57. The summed E-state index contributed by atoms with van der Waals surface area (Å²) in [5, 5.41) is 0. The van der Waals surface area contributed by atoms with Crippen molar-refractivity contribution in [2.24, 2.45) is 17.8 Å². The molecule has 4 rings (SSSR count).